The zero-order chi connectivity index (χ0) is 15.6. The number of rotatable bonds is 4. The Balaban J connectivity index is 3.10. The minimum atomic E-state index is -5.77. The van der Waals surface area contributed by atoms with Crippen LogP contribution in [0.4, 0.5) is 13.2 Å². The summed E-state index contributed by atoms with van der Waals surface area (Å²) in [5, 5.41) is 0. The summed E-state index contributed by atoms with van der Waals surface area (Å²) in [7, 11) is -5.77. The Hall–Kier alpha value is -1.25. The van der Waals surface area contributed by atoms with Gasteiger partial charge < -0.3 is 8.92 Å². The number of carbonyl (C=O) groups is 1. The van der Waals surface area contributed by atoms with Crippen molar-refractivity contribution < 1.29 is 35.3 Å². The third-order valence-electron chi connectivity index (χ3n) is 2.77. The molecule has 0 amide bonds. The van der Waals surface area contributed by atoms with Crippen LogP contribution >= 0.6 is 0 Å². The van der Waals surface area contributed by atoms with E-state index < -0.39 is 27.4 Å². The fraction of sp³-hybridized carbons (Fsp3) is 0.727. The summed E-state index contributed by atoms with van der Waals surface area (Å²) in [6.07, 6.45) is 0.624. The molecule has 1 rings (SSSR count). The molecule has 0 aromatic rings. The molecular formula is C11H15F3O5S. The fourth-order valence-corrected chi connectivity index (χ4v) is 2.30. The number of hydrogen-bond acceptors (Lipinski definition) is 5. The zero-order valence-corrected chi connectivity index (χ0v) is 11.8. The summed E-state index contributed by atoms with van der Waals surface area (Å²) in [4.78, 5) is 11.6. The van der Waals surface area contributed by atoms with Crippen LogP contribution in [0.3, 0.4) is 0 Å². The minimum absolute atomic E-state index is 0.0389. The van der Waals surface area contributed by atoms with Crippen LogP contribution in [0.25, 0.3) is 0 Å². The van der Waals surface area contributed by atoms with Crippen LogP contribution in [0.15, 0.2) is 11.3 Å². The Morgan fingerprint density at radius 1 is 1.40 bits per heavy atom. The number of carbonyl (C=O) groups excluding carboxylic acids is 1. The Morgan fingerprint density at radius 3 is 2.50 bits per heavy atom. The van der Waals surface area contributed by atoms with Crippen LogP contribution in [-0.2, 0) is 23.8 Å². The molecule has 0 aromatic carbocycles. The monoisotopic (exact) mass is 316 g/mol. The Kier molecular flexibility index (Phi) is 5.06. The highest BCUT2D eigenvalue weighted by Gasteiger charge is 2.49. The van der Waals surface area contributed by atoms with Crippen LogP contribution < -0.4 is 0 Å². The van der Waals surface area contributed by atoms with Crippen molar-refractivity contribution in [3.8, 4) is 0 Å². The number of allylic oxidation sites excluding steroid dienone is 1. The Bertz CT molecular complexity index is 507. The third kappa shape index (κ3) is 3.87. The second-order valence-corrected chi connectivity index (χ2v) is 5.99. The quantitative estimate of drug-likeness (QED) is 0.453. The van der Waals surface area contributed by atoms with Gasteiger partial charge in [-0.2, -0.15) is 21.6 Å². The molecule has 5 nitrogen and oxygen atoms in total. The van der Waals surface area contributed by atoms with Crippen LogP contribution in [-0.4, -0.2) is 26.5 Å². The molecule has 0 aliphatic heterocycles. The molecular weight excluding hydrogens is 301 g/mol. The van der Waals surface area contributed by atoms with Gasteiger partial charge in [0, 0.05) is 6.42 Å². The second kappa shape index (κ2) is 6.02. The van der Waals surface area contributed by atoms with E-state index in [1.807, 2.05) is 0 Å². The van der Waals surface area contributed by atoms with Gasteiger partial charge in [-0.1, -0.05) is 6.92 Å². The van der Waals surface area contributed by atoms with E-state index in [0.717, 1.165) is 0 Å². The normalized spacial score (nSPS) is 20.8. The molecule has 0 saturated heterocycles. The first-order chi connectivity index (χ1) is 9.08. The molecule has 0 spiro atoms. The predicted molar refractivity (Wildman–Crippen MR) is 62.7 cm³/mol. The summed E-state index contributed by atoms with van der Waals surface area (Å²) in [6.45, 7) is 3.31. The van der Waals surface area contributed by atoms with E-state index >= 15 is 0 Å². The molecule has 0 heterocycles. The molecule has 20 heavy (non-hydrogen) atoms. The molecule has 0 aromatic heterocycles. The van der Waals surface area contributed by atoms with Crippen molar-refractivity contribution in [2.45, 2.75) is 38.6 Å². The molecule has 0 fully saturated rings. The van der Waals surface area contributed by atoms with Gasteiger partial charge in [0.05, 0.1) is 12.2 Å². The molecule has 0 N–H and O–H groups in total. The standard InChI is InChI=1S/C11H15F3O5S/c1-3-18-10(15)8-5-4-7(2)6-9(8)19-20(16,17)11(12,13)14/h7H,3-6H2,1-2H3. The van der Waals surface area contributed by atoms with Crippen LogP contribution in [0.5, 0.6) is 0 Å². The molecule has 0 radical (unpaired) electrons. The predicted octanol–water partition coefficient (Wildman–Crippen LogP) is 2.49. The topological polar surface area (TPSA) is 69.7 Å². The number of alkyl halides is 3. The highest BCUT2D eigenvalue weighted by Crippen LogP contribution is 2.35. The summed E-state index contributed by atoms with van der Waals surface area (Å²) in [6, 6.07) is 0. The van der Waals surface area contributed by atoms with Crippen molar-refractivity contribution in [2.24, 2.45) is 5.92 Å². The van der Waals surface area contributed by atoms with Gasteiger partial charge in [0.1, 0.15) is 5.76 Å². The summed E-state index contributed by atoms with van der Waals surface area (Å²) in [5.74, 6) is -1.39. The van der Waals surface area contributed by atoms with Crippen LogP contribution in [0.2, 0.25) is 0 Å². The highest BCUT2D eigenvalue weighted by atomic mass is 32.2. The van der Waals surface area contributed by atoms with Crippen molar-refractivity contribution in [2.75, 3.05) is 6.61 Å². The van der Waals surface area contributed by atoms with E-state index in [1.165, 1.54) is 6.92 Å². The van der Waals surface area contributed by atoms with Gasteiger partial charge >= 0.3 is 21.6 Å². The smallest absolute Gasteiger partial charge is 0.463 e. The van der Waals surface area contributed by atoms with Crippen molar-refractivity contribution in [3.63, 3.8) is 0 Å². The first-order valence-corrected chi connectivity index (χ1v) is 7.39. The molecule has 9 heteroatoms. The largest absolute Gasteiger partial charge is 0.534 e. The average Bonchev–Trinajstić information content (AvgIpc) is 2.27. The number of esters is 1. The maximum Gasteiger partial charge on any atom is 0.534 e. The molecule has 1 aliphatic carbocycles. The van der Waals surface area contributed by atoms with E-state index in [9.17, 15) is 26.4 Å². The van der Waals surface area contributed by atoms with E-state index in [0.29, 0.717) is 6.42 Å². The van der Waals surface area contributed by atoms with Gasteiger partial charge in [-0.3, -0.25) is 0 Å². The number of ether oxygens (including phenoxy) is 1. The third-order valence-corrected chi connectivity index (χ3v) is 3.76. The molecule has 116 valence electrons. The molecule has 1 atom stereocenters. The maximum atomic E-state index is 12.3. The lowest BCUT2D eigenvalue weighted by Gasteiger charge is -2.23. The van der Waals surface area contributed by atoms with Gasteiger partial charge in [0.15, 0.2) is 0 Å². The van der Waals surface area contributed by atoms with Crippen molar-refractivity contribution >= 4 is 16.1 Å². The van der Waals surface area contributed by atoms with Gasteiger partial charge in [-0.25, -0.2) is 4.79 Å². The second-order valence-electron chi connectivity index (χ2n) is 4.45. The lowest BCUT2D eigenvalue weighted by molar-refractivity contribution is -0.139. The minimum Gasteiger partial charge on any atom is -0.463 e. The average molecular weight is 316 g/mol. The van der Waals surface area contributed by atoms with Gasteiger partial charge in [-0.05, 0) is 25.7 Å². The first-order valence-electron chi connectivity index (χ1n) is 5.98. The summed E-state index contributed by atoms with van der Waals surface area (Å²) in [5.41, 5.74) is -5.67. The SMILES string of the molecule is CCOC(=O)C1=C(OS(=O)(=O)C(F)(F)F)CC(C)CC1. The van der Waals surface area contributed by atoms with Gasteiger partial charge in [-0.15, -0.1) is 0 Å². The fourth-order valence-electron chi connectivity index (χ4n) is 1.77. The van der Waals surface area contributed by atoms with E-state index in [1.54, 1.807) is 6.92 Å². The maximum absolute atomic E-state index is 12.3. The summed E-state index contributed by atoms with van der Waals surface area (Å²) >= 11 is 0. The van der Waals surface area contributed by atoms with Crippen LogP contribution in [0, 0.1) is 5.92 Å². The lowest BCUT2D eigenvalue weighted by Crippen LogP contribution is -2.28. The van der Waals surface area contributed by atoms with Gasteiger partial charge in [0.25, 0.3) is 0 Å². The molecule has 0 saturated carbocycles. The number of hydrogen-bond donors (Lipinski definition) is 0. The molecule has 1 unspecified atom stereocenters. The van der Waals surface area contributed by atoms with E-state index in [4.69, 9.17) is 4.74 Å². The molecule has 1 aliphatic rings. The Labute approximate surface area is 114 Å². The molecule has 0 bridgehead atoms. The van der Waals surface area contributed by atoms with E-state index in [-0.39, 0.29) is 30.9 Å². The van der Waals surface area contributed by atoms with Crippen LogP contribution in [0.1, 0.15) is 33.1 Å². The van der Waals surface area contributed by atoms with Crippen molar-refractivity contribution in [1.82, 2.24) is 0 Å². The lowest BCUT2D eigenvalue weighted by atomic mass is 9.89. The van der Waals surface area contributed by atoms with Gasteiger partial charge in [0.2, 0.25) is 0 Å². The Morgan fingerprint density at radius 2 is 2.00 bits per heavy atom. The summed E-state index contributed by atoms with van der Waals surface area (Å²) < 4.78 is 67.8. The number of halogens is 3. The van der Waals surface area contributed by atoms with Crippen molar-refractivity contribution in [1.29, 1.82) is 0 Å². The van der Waals surface area contributed by atoms with Crippen molar-refractivity contribution in [3.05, 3.63) is 11.3 Å². The highest BCUT2D eigenvalue weighted by molar-refractivity contribution is 7.87. The van der Waals surface area contributed by atoms with E-state index in [2.05, 4.69) is 4.18 Å². The zero-order valence-electron chi connectivity index (χ0n) is 11.0. The first kappa shape index (κ1) is 16.8.